The Morgan fingerprint density at radius 3 is 1.86 bits per heavy atom. The third kappa shape index (κ3) is 5.08. The number of likely N-dealkylation sites (tertiary alicyclic amines) is 1. The fraction of sp³-hybridized carbons (Fsp3) is 0.308. The van der Waals surface area contributed by atoms with Crippen LogP contribution < -0.4 is 0 Å². The molecule has 1 unspecified atom stereocenters. The number of hydrogen-bond acceptors (Lipinski definition) is 3. The maximum absolute atomic E-state index is 13.3. The van der Waals surface area contributed by atoms with Gasteiger partial charge in [-0.3, -0.25) is 4.90 Å². The highest BCUT2D eigenvalue weighted by molar-refractivity contribution is 8.00. The Morgan fingerprint density at radius 1 is 0.771 bits per heavy atom. The van der Waals surface area contributed by atoms with Gasteiger partial charge in [-0.1, -0.05) is 72.8 Å². The maximum atomic E-state index is 13.3. The van der Waals surface area contributed by atoms with E-state index in [-0.39, 0.29) is 0 Å². The number of rotatable bonds is 6. The van der Waals surface area contributed by atoms with Crippen molar-refractivity contribution in [2.75, 3.05) is 13.1 Å². The van der Waals surface area contributed by atoms with Crippen molar-refractivity contribution in [3.05, 3.63) is 102 Å². The average molecular weight is 512 g/mol. The molecule has 2 nitrogen and oxygen atoms in total. The predicted molar refractivity (Wildman–Crippen MR) is 123 cm³/mol. The van der Waals surface area contributed by atoms with Crippen LogP contribution in [0.3, 0.4) is 0 Å². The molecule has 0 bridgehead atoms. The van der Waals surface area contributed by atoms with Gasteiger partial charge in [0.05, 0.1) is 4.75 Å². The molecule has 1 aliphatic heterocycles. The Labute approximate surface area is 203 Å². The zero-order valence-corrected chi connectivity index (χ0v) is 19.3. The van der Waals surface area contributed by atoms with Crippen molar-refractivity contribution < 1.29 is 31.4 Å². The molecule has 0 radical (unpaired) electrons. The second-order valence-corrected chi connectivity index (χ2v) is 10.1. The van der Waals surface area contributed by atoms with E-state index in [1.807, 2.05) is 60.7 Å². The molecule has 4 rings (SSSR count). The van der Waals surface area contributed by atoms with Gasteiger partial charge in [0.2, 0.25) is 0 Å². The molecule has 0 aliphatic carbocycles. The number of thioether (sulfide) groups is 1. The third-order valence-corrected chi connectivity index (χ3v) is 7.73. The number of halogens is 6. The molecule has 35 heavy (non-hydrogen) atoms. The predicted octanol–water partition coefficient (Wildman–Crippen LogP) is 6.89. The third-order valence-electron chi connectivity index (χ3n) is 6.27. The van der Waals surface area contributed by atoms with Crippen molar-refractivity contribution >= 4 is 11.8 Å². The van der Waals surface area contributed by atoms with Crippen molar-refractivity contribution in [2.45, 2.75) is 40.6 Å². The molecule has 1 saturated heterocycles. The van der Waals surface area contributed by atoms with Crippen LogP contribution in [0.25, 0.3) is 0 Å². The standard InChI is InChI=1S/C26H23F6NOS/c27-25(28,29)24(34,26(30,31)32)21-13-11-20(12-14-21)23(35-22-9-5-2-6-10-22)15-16-33(18-23)17-19-7-3-1-4-8-19/h1-14,34H,15-18H2. The van der Waals surface area contributed by atoms with E-state index in [4.69, 9.17) is 0 Å². The first kappa shape index (κ1) is 25.6. The summed E-state index contributed by atoms with van der Waals surface area (Å²) in [6.07, 6.45) is -11.2. The van der Waals surface area contributed by atoms with E-state index >= 15 is 0 Å². The highest BCUT2D eigenvalue weighted by Gasteiger charge is 2.71. The van der Waals surface area contributed by atoms with Crippen LogP contribution in [0.4, 0.5) is 26.3 Å². The van der Waals surface area contributed by atoms with Crippen molar-refractivity contribution in [1.29, 1.82) is 0 Å². The Bertz CT molecular complexity index is 1100. The van der Waals surface area contributed by atoms with E-state index in [1.54, 1.807) is 11.8 Å². The fourth-order valence-electron chi connectivity index (χ4n) is 4.43. The van der Waals surface area contributed by atoms with Gasteiger partial charge in [0, 0.05) is 30.1 Å². The van der Waals surface area contributed by atoms with Gasteiger partial charge in [-0.15, -0.1) is 11.8 Å². The summed E-state index contributed by atoms with van der Waals surface area (Å²) < 4.78 is 79.4. The largest absolute Gasteiger partial charge is 0.430 e. The first-order chi connectivity index (χ1) is 16.4. The summed E-state index contributed by atoms with van der Waals surface area (Å²) in [6, 6.07) is 23.3. The van der Waals surface area contributed by atoms with E-state index in [0.717, 1.165) is 22.6 Å². The average Bonchev–Trinajstić information content (AvgIpc) is 3.22. The van der Waals surface area contributed by atoms with Gasteiger partial charge in [0.1, 0.15) is 0 Å². The maximum Gasteiger partial charge on any atom is 0.430 e. The van der Waals surface area contributed by atoms with E-state index in [1.165, 1.54) is 12.1 Å². The quantitative estimate of drug-likeness (QED) is 0.365. The lowest BCUT2D eigenvalue weighted by molar-refractivity contribution is -0.376. The van der Waals surface area contributed by atoms with Gasteiger partial charge < -0.3 is 5.11 Å². The van der Waals surface area contributed by atoms with Crippen molar-refractivity contribution in [3.63, 3.8) is 0 Å². The van der Waals surface area contributed by atoms with Crippen LogP contribution in [-0.2, 0) is 16.9 Å². The zero-order valence-electron chi connectivity index (χ0n) is 18.5. The minimum Gasteiger partial charge on any atom is -0.369 e. The van der Waals surface area contributed by atoms with Gasteiger partial charge in [-0.25, -0.2) is 0 Å². The van der Waals surface area contributed by atoms with Crippen LogP contribution >= 0.6 is 11.8 Å². The van der Waals surface area contributed by atoms with Gasteiger partial charge in [-0.2, -0.15) is 26.3 Å². The van der Waals surface area contributed by atoms with E-state index in [0.29, 0.717) is 31.6 Å². The van der Waals surface area contributed by atoms with Crippen molar-refractivity contribution in [2.24, 2.45) is 0 Å². The summed E-state index contributed by atoms with van der Waals surface area (Å²) in [7, 11) is 0. The second kappa shape index (κ2) is 9.52. The van der Waals surface area contributed by atoms with E-state index in [2.05, 4.69) is 4.90 Å². The minimum absolute atomic E-state index is 0.559. The Kier molecular flexibility index (Phi) is 6.96. The first-order valence-electron chi connectivity index (χ1n) is 10.9. The molecule has 1 aliphatic rings. The molecule has 1 fully saturated rings. The monoisotopic (exact) mass is 511 g/mol. The molecule has 0 saturated carbocycles. The highest BCUT2D eigenvalue weighted by Crippen LogP contribution is 2.52. The van der Waals surface area contributed by atoms with Crippen LogP contribution in [0.5, 0.6) is 0 Å². The molecule has 0 spiro atoms. The van der Waals surface area contributed by atoms with Gasteiger partial charge in [0.15, 0.2) is 0 Å². The Balaban J connectivity index is 1.68. The van der Waals surface area contributed by atoms with E-state index < -0.39 is 28.3 Å². The molecular formula is C26H23F6NOS. The van der Waals surface area contributed by atoms with Gasteiger partial charge in [0.25, 0.3) is 5.60 Å². The zero-order chi connectivity index (χ0) is 25.3. The number of alkyl halides is 6. The summed E-state index contributed by atoms with van der Waals surface area (Å²) in [5, 5.41) is 9.75. The summed E-state index contributed by atoms with van der Waals surface area (Å²) in [4.78, 5) is 3.17. The molecule has 186 valence electrons. The molecule has 0 aromatic heterocycles. The summed E-state index contributed by atoms with van der Waals surface area (Å²) >= 11 is 1.54. The van der Waals surface area contributed by atoms with Crippen molar-refractivity contribution in [1.82, 2.24) is 4.90 Å². The lowest BCUT2D eigenvalue weighted by Gasteiger charge is -2.34. The summed E-state index contributed by atoms with van der Waals surface area (Å²) in [5.74, 6) is 0. The normalized spacial score (nSPS) is 19.7. The number of benzene rings is 3. The van der Waals surface area contributed by atoms with Crippen LogP contribution in [0.1, 0.15) is 23.1 Å². The molecular weight excluding hydrogens is 488 g/mol. The topological polar surface area (TPSA) is 23.5 Å². The second-order valence-electron chi connectivity index (χ2n) is 8.64. The molecule has 3 aromatic carbocycles. The highest BCUT2D eigenvalue weighted by atomic mass is 32.2. The molecule has 1 atom stereocenters. The molecule has 1 N–H and O–H groups in total. The fourth-order valence-corrected chi connectivity index (χ4v) is 5.87. The molecule has 3 aromatic rings. The lowest BCUT2D eigenvalue weighted by Crippen LogP contribution is -2.53. The Hall–Kier alpha value is -2.49. The van der Waals surface area contributed by atoms with Crippen LogP contribution in [0.2, 0.25) is 0 Å². The molecule has 0 amide bonds. The van der Waals surface area contributed by atoms with E-state index in [9.17, 15) is 31.4 Å². The molecule has 1 heterocycles. The number of hydrogen-bond donors (Lipinski definition) is 1. The number of nitrogens with zero attached hydrogens (tertiary/aromatic N) is 1. The van der Waals surface area contributed by atoms with Gasteiger partial charge in [-0.05, 0) is 29.7 Å². The molecule has 9 heteroatoms. The summed E-state index contributed by atoms with van der Waals surface area (Å²) in [6.45, 7) is 1.95. The number of aliphatic hydroxyl groups is 1. The Morgan fingerprint density at radius 2 is 1.31 bits per heavy atom. The summed E-state index contributed by atoms with van der Waals surface area (Å²) in [5.41, 5.74) is -4.46. The first-order valence-corrected chi connectivity index (χ1v) is 11.7. The van der Waals surface area contributed by atoms with Crippen LogP contribution in [-0.4, -0.2) is 35.4 Å². The van der Waals surface area contributed by atoms with Crippen LogP contribution in [0, 0.1) is 0 Å². The minimum atomic E-state index is -5.91. The SMILES string of the molecule is OC(c1ccc(C2(Sc3ccccc3)CCN(Cc3ccccc3)C2)cc1)(C(F)(F)F)C(F)(F)F. The lowest BCUT2D eigenvalue weighted by atomic mass is 9.89. The van der Waals surface area contributed by atoms with Crippen LogP contribution in [0.15, 0.2) is 89.8 Å². The van der Waals surface area contributed by atoms with Gasteiger partial charge >= 0.3 is 12.4 Å². The van der Waals surface area contributed by atoms with Crippen molar-refractivity contribution in [3.8, 4) is 0 Å². The smallest absolute Gasteiger partial charge is 0.369 e.